The van der Waals surface area contributed by atoms with Gasteiger partial charge in [0.1, 0.15) is 5.69 Å². The van der Waals surface area contributed by atoms with Gasteiger partial charge in [-0.25, -0.2) is 4.68 Å². The zero-order valence-corrected chi connectivity index (χ0v) is 11.9. The number of hydrogen-bond donors (Lipinski definition) is 1. The molecule has 94 valence electrons. The Kier molecular flexibility index (Phi) is 4.00. The molecule has 0 aliphatic rings. The molecule has 0 bridgehead atoms. The van der Waals surface area contributed by atoms with Gasteiger partial charge in [0.05, 0.1) is 15.7 Å². The quantitative estimate of drug-likeness (QED) is 0.864. The van der Waals surface area contributed by atoms with Crippen LogP contribution in [0.1, 0.15) is 11.4 Å². The Morgan fingerprint density at radius 2 is 2.00 bits per heavy atom. The third-order valence-corrected chi connectivity index (χ3v) is 3.52. The lowest BCUT2D eigenvalue weighted by Gasteiger charge is -2.11. The van der Waals surface area contributed by atoms with Crippen molar-refractivity contribution in [2.45, 2.75) is 12.7 Å². The summed E-state index contributed by atoms with van der Waals surface area (Å²) in [5, 5.41) is 5.18. The van der Waals surface area contributed by atoms with Crippen LogP contribution in [-0.2, 0) is 5.75 Å². The average molecular weight is 301 g/mol. The summed E-state index contributed by atoms with van der Waals surface area (Å²) in [7, 11) is 0. The molecular weight excluding hydrogens is 291 g/mol. The Morgan fingerprint density at radius 1 is 1.28 bits per heavy atom. The van der Waals surface area contributed by atoms with Gasteiger partial charge in [-0.05, 0) is 25.1 Å². The molecule has 2 aromatic rings. The van der Waals surface area contributed by atoms with Crippen LogP contribution in [-0.4, -0.2) is 9.78 Å². The lowest BCUT2D eigenvalue weighted by molar-refractivity contribution is 0.774. The van der Waals surface area contributed by atoms with Crippen LogP contribution in [0.15, 0.2) is 29.1 Å². The largest absolute Gasteiger partial charge is 0.288 e. The monoisotopic (exact) mass is 300 g/mol. The van der Waals surface area contributed by atoms with Crippen molar-refractivity contribution in [2.24, 2.45) is 0 Å². The van der Waals surface area contributed by atoms with Gasteiger partial charge >= 0.3 is 0 Å². The van der Waals surface area contributed by atoms with E-state index in [2.05, 4.69) is 17.7 Å². The first kappa shape index (κ1) is 13.5. The summed E-state index contributed by atoms with van der Waals surface area (Å²) in [6.45, 7) is 1.80. The van der Waals surface area contributed by atoms with Gasteiger partial charge < -0.3 is 0 Å². The van der Waals surface area contributed by atoms with Gasteiger partial charge in [0.15, 0.2) is 0 Å². The number of benzene rings is 1. The minimum Gasteiger partial charge on any atom is -0.288 e. The minimum absolute atomic E-state index is 0.112. The number of aromatic nitrogens is 2. The van der Waals surface area contributed by atoms with Gasteiger partial charge in [-0.1, -0.05) is 23.2 Å². The van der Waals surface area contributed by atoms with E-state index in [9.17, 15) is 4.79 Å². The molecule has 0 amide bonds. The Morgan fingerprint density at radius 3 is 2.61 bits per heavy atom. The fourth-order valence-electron chi connectivity index (χ4n) is 1.57. The van der Waals surface area contributed by atoms with Gasteiger partial charge in [0.2, 0.25) is 5.43 Å². The molecule has 18 heavy (non-hydrogen) atoms. The highest BCUT2D eigenvalue weighted by Gasteiger charge is 2.07. The summed E-state index contributed by atoms with van der Waals surface area (Å²) in [5.74, 6) is 0.292. The average Bonchev–Trinajstić information content (AvgIpc) is 2.33. The van der Waals surface area contributed by atoms with Gasteiger partial charge in [-0.15, -0.1) is 0 Å². The summed E-state index contributed by atoms with van der Waals surface area (Å²) in [5.41, 5.74) is 1.77. The van der Waals surface area contributed by atoms with Crippen molar-refractivity contribution < 1.29 is 0 Å². The van der Waals surface area contributed by atoms with Crippen LogP contribution >= 0.6 is 35.8 Å². The lowest BCUT2D eigenvalue weighted by atomic mass is 10.3. The Labute approximate surface area is 120 Å². The van der Waals surface area contributed by atoms with Crippen LogP contribution in [0.2, 0.25) is 10.0 Å². The number of hydrogen-bond acceptors (Lipinski definition) is 3. The first-order valence-corrected chi connectivity index (χ1v) is 6.58. The van der Waals surface area contributed by atoms with E-state index in [1.807, 2.05) is 0 Å². The highest BCUT2D eigenvalue weighted by Crippen LogP contribution is 2.24. The zero-order chi connectivity index (χ0) is 13.3. The Hall–Kier alpha value is -0.970. The molecule has 2 rings (SSSR count). The van der Waals surface area contributed by atoms with Crippen LogP contribution in [0.4, 0.5) is 0 Å². The molecule has 0 radical (unpaired) electrons. The zero-order valence-electron chi connectivity index (χ0n) is 9.52. The van der Waals surface area contributed by atoms with Gasteiger partial charge in [-0.3, -0.25) is 4.79 Å². The SMILES string of the molecule is Cc1cc(=O)c(CS)nn1-c1ccc(Cl)c(Cl)c1. The van der Waals surface area contributed by atoms with Gasteiger partial charge in [-0.2, -0.15) is 17.7 Å². The van der Waals surface area contributed by atoms with E-state index in [4.69, 9.17) is 23.2 Å². The second-order valence-electron chi connectivity index (χ2n) is 3.76. The molecule has 1 aromatic heterocycles. The maximum atomic E-state index is 11.6. The van der Waals surface area contributed by atoms with Crippen LogP contribution in [0.3, 0.4) is 0 Å². The number of thiol groups is 1. The molecule has 6 heteroatoms. The molecule has 0 spiro atoms. The normalized spacial score (nSPS) is 10.7. The maximum Gasteiger partial charge on any atom is 0.204 e. The molecule has 3 nitrogen and oxygen atoms in total. The van der Waals surface area contributed by atoms with Crippen molar-refractivity contribution in [1.82, 2.24) is 9.78 Å². The van der Waals surface area contributed by atoms with E-state index in [1.54, 1.807) is 29.8 Å². The van der Waals surface area contributed by atoms with Crippen molar-refractivity contribution in [3.05, 3.63) is 55.9 Å². The molecule has 0 fully saturated rings. The number of aryl methyl sites for hydroxylation is 1. The first-order valence-electron chi connectivity index (χ1n) is 5.19. The molecule has 0 aliphatic carbocycles. The summed E-state index contributed by atoms with van der Waals surface area (Å²) in [6.07, 6.45) is 0. The van der Waals surface area contributed by atoms with E-state index >= 15 is 0 Å². The first-order chi connectivity index (χ1) is 8.52. The molecule has 0 unspecified atom stereocenters. The second kappa shape index (κ2) is 5.34. The third-order valence-electron chi connectivity index (χ3n) is 2.48. The Balaban J connectivity index is 2.63. The fourth-order valence-corrected chi connectivity index (χ4v) is 2.08. The topological polar surface area (TPSA) is 34.9 Å². The van der Waals surface area contributed by atoms with Crippen molar-refractivity contribution in [3.63, 3.8) is 0 Å². The lowest BCUT2D eigenvalue weighted by Crippen LogP contribution is -2.17. The minimum atomic E-state index is -0.112. The predicted octanol–water partition coefficient (Wildman–Crippen LogP) is 3.28. The molecule has 1 heterocycles. The van der Waals surface area contributed by atoms with Crippen LogP contribution in [0.5, 0.6) is 0 Å². The highest BCUT2D eigenvalue weighted by atomic mass is 35.5. The molecule has 0 atom stereocenters. The van der Waals surface area contributed by atoms with E-state index in [1.165, 1.54) is 6.07 Å². The van der Waals surface area contributed by atoms with Gasteiger partial charge in [0, 0.05) is 17.5 Å². The van der Waals surface area contributed by atoms with E-state index in [0.717, 1.165) is 11.4 Å². The number of halogens is 2. The molecule has 0 saturated heterocycles. The standard InChI is InChI=1S/C12H10Cl2N2OS/c1-7-4-12(17)11(6-18)15-16(7)8-2-3-9(13)10(14)5-8/h2-5,18H,6H2,1H3. The van der Waals surface area contributed by atoms with Crippen molar-refractivity contribution in [1.29, 1.82) is 0 Å². The highest BCUT2D eigenvalue weighted by molar-refractivity contribution is 7.79. The number of nitrogens with zero attached hydrogens (tertiary/aromatic N) is 2. The molecule has 0 saturated carbocycles. The summed E-state index contributed by atoms with van der Waals surface area (Å²) in [4.78, 5) is 11.6. The molecule has 0 aliphatic heterocycles. The van der Waals surface area contributed by atoms with Crippen molar-refractivity contribution >= 4 is 35.8 Å². The van der Waals surface area contributed by atoms with E-state index in [-0.39, 0.29) is 5.43 Å². The fraction of sp³-hybridized carbons (Fsp3) is 0.167. The molecule has 1 aromatic carbocycles. The van der Waals surface area contributed by atoms with E-state index in [0.29, 0.717) is 21.5 Å². The van der Waals surface area contributed by atoms with E-state index < -0.39 is 0 Å². The van der Waals surface area contributed by atoms with Crippen LogP contribution in [0.25, 0.3) is 5.69 Å². The van der Waals surface area contributed by atoms with Gasteiger partial charge in [0.25, 0.3) is 0 Å². The Bertz CT molecular complexity index is 655. The summed E-state index contributed by atoms with van der Waals surface area (Å²) >= 11 is 15.9. The summed E-state index contributed by atoms with van der Waals surface area (Å²) < 4.78 is 1.65. The third kappa shape index (κ3) is 2.55. The van der Waals surface area contributed by atoms with Crippen molar-refractivity contribution in [2.75, 3.05) is 0 Å². The van der Waals surface area contributed by atoms with Crippen LogP contribution < -0.4 is 5.43 Å². The van der Waals surface area contributed by atoms with Crippen molar-refractivity contribution in [3.8, 4) is 5.69 Å². The summed E-state index contributed by atoms with van der Waals surface area (Å²) in [6, 6.07) is 6.72. The van der Waals surface area contributed by atoms with Crippen LogP contribution in [0, 0.1) is 6.92 Å². The second-order valence-corrected chi connectivity index (χ2v) is 4.90. The molecule has 0 N–H and O–H groups in total. The molecular formula is C12H10Cl2N2OS. The smallest absolute Gasteiger partial charge is 0.204 e. The number of rotatable bonds is 2. The maximum absolute atomic E-state index is 11.6. The predicted molar refractivity (Wildman–Crippen MR) is 77.3 cm³/mol.